The van der Waals surface area contributed by atoms with Crippen LogP contribution in [0.25, 0.3) is 0 Å². The number of carbonyl (C=O) groups excluding carboxylic acids is 8. The van der Waals surface area contributed by atoms with Gasteiger partial charge < -0.3 is 106 Å². The second kappa shape index (κ2) is 35.6. The number of nitrogens with one attached hydrogen (secondary N) is 8. The number of hydrogen-bond donors (Lipinski definition) is 17. The Labute approximate surface area is 620 Å². The zero-order valence-corrected chi connectivity index (χ0v) is 60.9. The molecule has 1 saturated carbocycles. The monoisotopic (exact) mass is 1480 g/mol. The van der Waals surface area contributed by atoms with Gasteiger partial charge in [0, 0.05) is 60.9 Å². The quantitative estimate of drug-likeness (QED) is 0.0144. The molecule has 3 fully saturated rings. The van der Waals surface area contributed by atoms with Gasteiger partial charge in [0.15, 0.2) is 22.8 Å². The number of benzene rings is 4. The Morgan fingerprint density at radius 2 is 1.20 bits per heavy atom. The molecule has 0 radical (unpaired) electrons. The second-order valence-corrected chi connectivity index (χ2v) is 29.0. The number of rotatable bonds is 32. The molecule has 0 bridgehead atoms. The lowest BCUT2D eigenvalue weighted by atomic mass is 9.77. The molecule has 106 heavy (non-hydrogen) atoms. The highest BCUT2D eigenvalue weighted by atomic mass is 32.1. The maximum Gasteiger partial charge on any atom is 0.326 e. The van der Waals surface area contributed by atoms with Crippen molar-refractivity contribution in [3.8, 4) is 28.7 Å². The number of anilines is 1. The summed E-state index contributed by atoms with van der Waals surface area (Å²) in [4.78, 5) is 139. The number of phenolic OH excluding ortho intramolecular Hbond substituents is 3. The van der Waals surface area contributed by atoms with Crippen LogP contribution in [-0.4, -0.2) is 175 Å². The fourth-order valence-corrected chi connectivity index (χ4v) is 15.1. The Kier molecular flexibility index (Phi) is 26.8. The van der Waals surface area contributed by atoms with E-state index in [1.165, 1.54) is 46.2 Å². The number of unbranched alkanes of at least 4 members (excludes halogenated alkanes) is 1. The van der Waals surface area contributed by atoms with Crippen molar-refractivity contribution >= 4 is 88.0 Å². The highest BCUT2D eigenvalue weighted by Gasteiger charge is 2.55. The van der Waals surface area contributed by atoms with E-state index >= 15 is 24.0 Å². The maximum atomic E-state index is 15.4. The zero-order chi connectivity index (χ0) is 76.8. The van der Waals surface area contributed by atoms with E-state index in [-0.39, 0.29) is 129 Å². The third-order valence-corrected chi connectivity index (χ3v) is 20.7. The molecule has 31 nitrogen and oxygen atoms in total. The van der Waals surface area contributed by atoms with E-state index in [4.69, 9.17) is 55.8 Å². The number of thiocarbonyl (C=S) groups is 1. The van der Waals surface area contributed by atoms with Crippen LogP contribution in [0.5, 0.6) is 28.7 Å². The zero-order valence-electron chi connectivity index (χ0n) is 60.1. The molecule has 9 rings (SSSR count). The molecule has 1 spiro atoms. The molecule has 4 aliphatic heterocycles. The summed E-state index contributed by atoms with van der Waals surface area (Å²) in [5, 5.41) is 69.6. The van der Waals surface area contributed by atoms with E-state index in [2.05, 4.69) is 42.2 Å². The molecule has 4 aromatic carbocycles. The van der Waals surface area contributed by atoms with Gasteiger partial charge in [0.2, 0.25) is 41.4 Å². The number of fused-ring (bicyclic) bond motifs is 6. The predicted octanol–water partition coefficient (Wildman–Crippen LogP) is 3.16. The molecule has 22 N–H and O–H groups in total. The van der Waals surface area contributed by atoms with E-state index in [9.17, 15) is 39.6 Å². The number of nitrogens with zero attached hydrogens (tertiary/aromatic N) is 3. The molecule has 2 saturated heterocycles. The number of phenols is 3. The van der Waals surface area contributed by atoms with Crippen LogP contribution in [-0.2, 0) is 59.9 Å². The molecule has 10 atom stereocenters. The lowest BCUT2D eigenvalue weighted by Gasteiger charge is -2.38. The number of likely N-dealkylation sites (tertiary alicyclic amines) is 2. The molecular weight excluding hydrogens is 1380 g/mol. The summed E-state index contributed by atoms with van der Waals surface area (Å²) in [7, 11) is 0. The smallest absolute Gasteiger partial charge is 0.326 e. The van der Waals surface area contributed by atoms with E-state index in [0.717, 1.165) is 0 Å². The second-order valence-electron chi connectivity index (χ2n) is 28.6. The van der Waals surface area contributed by atoms with Crippen molar-refractivity contribution < 1.29 is 73.1 Å². The minimum absolute atomic E-state index is 0.0273. The Morgan fingerprint density at radius 3 is 1.75 bits per heavy atom. The SMILES string of the molecule is CC[C@H](C)[C@H](NC(=O)[C@H](Cc1ccc(O)cc1)NC(=O)[C@@H]1CCCN1C(=O)[C@H](CCCN=C(N)N)NC(=O)[C@@H](NC(=O)[C@@H]1CCCN1C(=O)[C@H](CCCCN)NC(=O)C1OC2(c3ccc(O)cc3Oc3cc(O)ccc32)c2ccc(NC(N)=S)cc21)C1CCC(C(=N)N)CC1)C(=O)N[C@@H](CC(C)C)C(=O)O. The third kappa shape index (κ3) is 19.0. The first kappa shape index (κ1) is 79.8. The minimum Gasteiger partial charge on any atom is -0.508 e. The number of ether oxygens (including phenoxy) is 2. The van der Waals surface area contributed by atoms with Crippen molar-refractivity contribution in [3.63, 3.8) is 0 Å². The largest absolute Gasteiger partial charge is 0.508 e. The van der Waals surface area contributed by atoms with Gasteiger partial charge >= 0.3 is 5.97 Å². The highest BCUT2D eigenvalue weighted by Crippen LogP contribution is 2.60. The lowest BCUT2D eigenvalue weighted by Crippen LogP contribution is -2.61. The molecular formula is C74H100N16O15S. The molecule has 1 unspecified atom stereocenters. The van der Waals surface area contributed by atoms with Gasteiger partial charge in [-0.25, -0.2) is 4.79 Å². The van der Waals surface area contributed by atoms with Gasteiger partial charge in [0.1, 0.15) is 77.1 Å². The molecule has 8 amide bonds. The van der Waals surface area contributed by atoms with Crippen molar-refractivity contribution in [1.82, 2.24) is 41.7 Å². The summed E-state index contributed by atoms with van der Waals surface area (Å²) in [6.07, 6.45) is 2.23. The summed E-state index contributed by atoms with van der Waals surface area (Å²) in [5.41, 5.74) is 30.3. The molecule has 32 heteroatoms. The molecule has 5 aliphatic rings. The molecule has 1 aliphatic carbocycles. The van der Waals surface area contributed by atoms with Crippen LogP contribution in [0, 0.1) is 29.1 Å². The van der Waals surface area contributed by atoms with Crippen LogP contribution in [0.2, 0.25) is 0 Å². The topological polar surface area (TPSA) is 510 Å². The van der Waals surface area contributed by atoms with Crippen LogP contribution in [0.1, 0.15) is 158 Å². The Balaban J connectivity index is 0.968. The van der Waals surface area contributed by atoms with E-state index in [1.54, 1.807) is 56.3 Å². The number of carboxylic acids is 1. The fraction of sp³-hybridized carbons (Fsp3) is 0.514. The first-order chi connectivity index (χ1) is 50.5. The molecule has 0 aromatic heterocycles. The van der Waals surface area contributed by atoms with Gasteiger partial charge in [-0.3, -0.25) is 48.8 Å². The van der Waals surface area contributed by atoms with Gasteiger partial charge in [-0.15, -0.1) is 0 Å². The van der Waals surface area contributed by atoms with Gasteiger partial charge in [0.05, 0.1) is 5.84 Å². The van der Waals surface area contributed by atoms with Gasteiger partial charge in [0.25, 0.3) is 5.91 Å². The Bertz CT molecular complexity index is 3910. The number of amidine groups is 1. The van der Waals surface area contributed by atoms with Crippen molar-refractivity contribution in [2.75, 3.05) is 31.5 Å². The van der Waals surface area contributed by atoms with Gasteiger partial charge in [-0.05, 0) is 192 Å². The predicted molar refractivity (Wildman–Crippen MR) is 396 cm³/mol. The van der Waals surface area contributed by atoms with Crippen molar-refractivity contribution in [2.45, 2.75) is 190 Å². The van der Waals surface area contributed by atoms with E-state index in [0.29, 0.717) is 91.3 Å². The number of nitrogens with two attached hydrogens (primary N) is 5. The normalized spacial score (nSPS) is 20.3. The number of carbonyl (C=O) groups is 9. The first-order valence-corrected chi connectivity index (χ1v) is 36.7. The van der Waals surface area contributed by atoms with Crippen LogP contribution in [0.4, 0.5) is 5.69 Å². The average Bonchev–Trinajstić information content (AvgIpc) is 1.50. The Hall–Kier alpha value is -10.3. The number of aromatic hydroxyl groups is 3. The van der Waals surface area contributed by atoms with E-state index in [1.807, 2.05) is 13.8 Å². The number of aliphatic imine (C=N–C) groups is 1. The first-order valence-electron chi connectivity index (χ1n) is 36.3. The lowest BCUT2D eigenvalue weighted by molar-refractivity contribution is -0.146. The molecule has 4 heterocycles. The fourth-order valence-electron chi connectivity index (χ4n) is 15.0. The Morgan fingerprint density at radius 1 is 0.642 bits per heavy atom. The third-order valence-electron chi connectivity index (χ3n) is 20.6. The summed E-state index contributed by atoms with van der Waals surface area (Å²) in [5.74, 6) is -8.76. The maximum absolute atomic E-state index is 15.4. The number of carboxylic acid groups (broad SMARTS) is 1. The van der Waals surface area contributed by atoms with Crippen molar-refractivity contribution in [1.29, 1.82) is 5.41 Å². The van der Waals surface area contributed by atoms with Crippen molar-refractivity contribution in [3.05, 3.63) is 107 Å². The number of amides is 8. The van der Waals surface area contributed by atoms with Crippen LogP contribution >= 0.6 is 12.2 Å². The number of guanidine groups is 1. The molecule has 4 aromatic rings. The van der Waals surface area contributed by atoms with Crippen LogP contribution < -0.4 is 70.6 Å². The van der Waals surface area contributed by atoms with Gasteiger partial charge in [-0.2, -0.15) is 0 Å². The summed E-state index contributed by atoms with van der Waals surface area (Å²) in [6.45, 7) is 7.54. The van der Waals surface area contributed by atoms with Crippen LogP contribution in [0.3, 0.4) is 0 Å². The number of aliphatic carboxylic acids is 1. The van der Waals surface area contributed by atoms with Crippen LogP contribution in [0.15, 0.2) is 83.9 Å². The van der Waals surface area contributed by atoms with Gasteiger partial charge in [-0.1, -0.05) is 52.3 Å². The van der Waals surface area contributed by atoms with E-state index < -0.39 is 125 Å². The summed E-state index contributed by atoms with van der Waals surface area (Å²) < 4.78 is 13.3. The standard InChI is InChI=1S/C74H100N16O15S/c1-5-39(4)59(66(97)86-54(71(102)103)33-38(2)3)87-63(94)53(34-40-15-22-44(91)23-16-40)85-64(95)55-13-9-31-89(55)70(101)52(12-8-30-81-72(78)79)83-67(98)60(41-17-19-42(20-18-41)62(76)77)88-65(96)56-14-10-32-90(56)69(100)51(11-6-7-29-75)84-68(99)61-47-35-43(82-73(80)106)21-26-48(47)74(105-61)49-27-24-45(92)36-57(49)104-58-37-46(93)25-28-50(58)74/h15-16,21-28,35-39,41-42,51-56,59-61,91-93H,5-14,17-20,29-34,75H2,1-4H3,(H3,76,77)(H,83,98)(H,84,99)(H,85,95)(H,86,97)(H,87,94)(H,88,96)(H,102,103)(H4,78,79,81)(H3,80,82,106)/t39-,41?,42?,51-,52-,53-,54-,55-,56-,59-,60-,61?/m0/s1. The summed E-state index contributed by atoms with van der Waals surface area (Å²) >= 11 is 5.19. The number of hydrogen-bond acceptors (Lipinski definition) is 18. The average molecular weight is 1490 g/mol. The minimum atomic E-state index is -1.60. The highest BCUT2D eigenvalue weighted by molar-refractivity contribution is 7.80. The van der Waals surface area contributed by atoms with Crippen molar-refractivity contribution in [2.24, 2.45) is 57.3 Å². The summed E-state index contributed by atoms with van der Waals surface area (Å²) in [6, 6.07) is 9.63. The molecule has 572 valence electrons.